The van der Waals surface area contributed by atoms with Crippen molar-refractivity contribution in [2.45, 2.75) is 24.9 Å². The van der Waals surface area contributed by atoms with Crippen LogP contribution in [0, 0.1) is 8.98 Å². The normalized spacial score (nSPS) is 18.7. The summed E-state index contributed by atoms with van der Waals surface area (Å²) in [5, 5.41) is 10.1. The molecule has 0 saturated carbocycles. The molecule has 0 radical (unpaired) electrons. The average Bonchev–Trinajstić information content (AvgIpc) is 3.47. The number of methoxy groups -OCH3 is 1. The first-order valence-electron chi connectivity index (χ1n) is 11.8. The van der Waals surface area contributed by atoms with Gasteiger partial charge in [-0.3, -0.25) is 15.7 Å². The molecule has 4 N–H and O–H groups in total. The third kappa shape index (κ3) is 5.91. The van der Waals surface area contributed by atoms with Crippen molar-refractivity contribution >= 4 is 74.6 Å². The van der Waals surface area contributed by atoms with Crippen LogP contribution >= 0.6 is 45.8 Å². The minimum absolute atomic E-state index is 0.0283. The fourth-order valence-corrected chi connectivity index (χ4v) is 5.33. The average molecular weight is 683 g/mol. The zero-order chi connectivity index (χ0) is 27.7. The van der Waals surface area contributed by atoms with Crippen molar-refractivity contribution < 1.29 is 28.7 Å². The predicted octanol–water partition coefficient (Wildman–Crippen LogP) is 4.91. The Balaban J connectivity index is 1.41. The third-order valence-corrected chi connectivity index (χ3v) is 7.51. The zero-order valence-corrected chi connectivity index (χ0v) is 24.2. The minimum atomic E-state index is -0.680. The standard InChI is InChI=1S/C26H22Cl2IN5O5/c1-36-24-21-17(29)11-34(23(21)32-26(31)33-24)20-10-18(39-25(35)14-4-8-16(28)9-5-14)19(38-20)12-37-22(30)13-2-6-15(27)7-3-13/h2-9,11,18-20,30H,10,12H2,1H3,(H2,31,32,33)/p+1. The predicted molar refractivity (Wildman–Crippen MR) is 153 cm³/mol. The summed E-state index contributed by atoms with van der Waals surface area (Å²) in [6.07, 6.45) is 0.264. The van der Waals surface area contributed by atoms with Crippen molar-refractivity contribution in [2.24, 2.45) is 0 Å². The Bertz CT molecular complexity index is 1530. The maximum Gasteiger partial charge on any atom is 0.391 e. The van der Waals surface area contributed by atoms with Gasteiger partial charge < -0.3 is 18.9 Å². The van der Waals surface area contributed by atoms with Crippen molar-refractivity contribution in [1.82, 2.24) is 9.55 Å². The molecule has 4 aromatic rings. The van der Waals surface area contributed by atoms with E-state index >= 15 is 0 Å². The highest BCUT2D eigenvalue weighted by Gasteiger charge is 2.41. The van der Waals surface area contributed by atoms with E-state index in [2.05, 4.69) is 32.6 Å². The molecule has 5 rings (SSSR count). The van der Waals surface area contributed by atoms with Gasteiger partial charge in [0.15, 0.2) is 0 Å². The fraction of sp³-hybridized carbons (Fsp3) is 0.231. The van der Waals surface area contributed by atoms with Crippen LogP contribution in [0.3, 0.4) is 0 Å². The summed E-state index contributed by atoms with van der Waals surface area (Å²) in [6.45, 7) is -0.0283. The summed E-state index contributed by atoms with van der Waals surface area (Å²) in [4.78, 5) is 20.3. The Morgan fingerprint density at radius 2 is 1.82 bits per heavy atom. The highest BCUT2D eigenvalue weighted by Crippen LogP contribution is 2.37. The number of nitrogens with two attached hydrogens (primary N) is 1. The molecule has 3 atom stereocenters. The lowest BCUT2D eigenvalue weighted by Gasteiger charge is -2.19. The van der Waals surface area contributed by atoms with Gasteiger partial charge in [-0.1, -0.05) is 28.2 Å². The monoisotopic (exact) mass is 682 g/mol. The molecule has 2 aromatic carbocycles. The molecule has 3 heterocycles. The number of aromatic amines is 1. The quantitative estimate of drug-likeness (QED) is 0.122. The SMILES string of the molecule is COc1[nH+]c(N)nc2c1c(I)cn2C1CC(OC(=O)c2ccc(Cl)cc2)C(COC(=N)c2ccc(Cl)cc2)O1. The number of hydrogen-bond acceptors (Lipinski definition) is 8. The van der Waals surface area contributed by atoms with Crippen LogP contribution in [0.15, 0.2) is 54.7 Å². The van der Waals surface area contributed by atoms with E-state index in [1.54, 1.807) is 55.6 Å². The molecular weight excluding hydrogens is 660 g/mol. The van der Waals surface area contributed by atoms with E-state index in [4.69, 9.17) is 53.3 Å². The van der Waals surface area contributed by atoms with Crippen LogP contribution in [-0.4, -0.2) is 47.3 Å². The maximum absolute atomic E-state index is 13.0. The number of fused-ring (bicyclic) bond motifs is 1. The minimum Gasteiger partial charge on any atom is -0.475 e. The molecule has 0 amide bonds. The molecular formula is C26H23Cl2IN5O5+. The third-order valence-electron chi connectivity index (χ3n) is 6.19. The molecule has 10 nitrogen and oxygen atoms in total. The second kappa shape index (κ2) is 11.5. The Morgan fingerprint density at radius 3 is 2.46 bits per heavy atom. The van der Waals surface area contributed by atoms with Crippen LogP contribution in [-0.2, 0) is 14.2 Å². The topological polar surface area (TPSA) is 136 Å². The Kier molecular flexibility index (Phi) is 8.12. The van der Waals surface area contributed by atoms with Crippen LogP contribution in [0.2, 0.25) is 10.0 Å². The highest BCUT2D eigenvalue weighted by atomic mass is 127. The second-order valence-corrected chi connectivity index (χ2v) is 10.7. The van der Waals surface area contributed by atoms with Crippen LogP contribution < -0.4 is 15.5 Å². The number of nitrogen functional groups attached to an aromatic ring is 1. The van der Waals surface area contributed by atoms with Gasteiger partial charge in [0.05, 0.1) is 12.7 Å². The molecule has 3 unspecified atom stereocenters. The molecule has 1 aliphatic heterocycles. The second-order valence-electron chi connectivity index (χ2n) is 8.70. The van der Waals surface area contributed by atoms with E-state index in [-0.39, 0.29) is 18.5 Å². The number of carbonyl (C=O) groups is 1. The molecule has 2 aromatic heterocycles. The van der Waals surface area contributed by atoms with Gasteiger partial charge >= 0.3 is 11.9 Å². The summed E-state index contributed by atoms with van der Waals surface area (Å²) < 4.78 is 26.1. The fourth-order valence-electron chi connectivity index (χ4n) is 4.29. The van der Waals surface area contributed by atoms with Gasteiger partial charge in [-0.25, -0.2) is 9.78 Å². The number of anilines is 1. The molecule has 1 aliphatic rings. The van der Waals surface area contributed by atoms with Crippen molar-refractivity contribution in [3.05, 3.63) is 79.5 Å². The Hall–Kier alpha value is -3.13. The zero-order valence-electron chi connectivity index (χ0n) is 20.5. The number of hydrogen-bond donors (Lipinski definition) is 2. The number of carbonyl (C=O) groups excluding carboxylic acids is 1. The van der Waals surface area contributed by atoms with E-state index < -0.39 is 24.4 Å². The molecule has 0 spiro atoms. The van der Waals surface area contributed by atoms with Gasteiger partial charge in [0.25, 0.3) is 5.88 Å². The molecule has 1 fully saturated rings. The summed E-state index contributed by atoms with van der Waals surface area (Å²) >= 11 is 14.1. The van der Waals surface area contributed by atoms with Gasteiger partial charge in [-0.2, -0.15) is 0 Å². The first-order chi connectivity index (χ1) is 18.7. The summed E-state index contributed by atoms with van der Waals surface area (Å²) in [6, 6.07) is 13.2. The molecule has 13 heteroatoms. The van der Waals surface area contributed by atoms with E-state index in [1.807, 2.05) is 10.8 Å². The molecule has 1 saturated heterocycles. The number of halogens is 3. The van der Waals surface area contributed by atoms with Crippen molar-refractivity contribution in [2.75, 3.05) is 19.5 Å². The number of ether oxygens (including phenoxy) is 4. The van der Waals surface area contributed by atoms with Crippen LogP contribution in [0.4, 0.5) is 5.95 Å². The summed E-state index contributed by atoms with van der Waals surface area (Å²) in [5.74, 6) is 0.0669. The first-order valence-corrected chi connectivity index (χ1v) is 13.6. The maximum atomic E-state index is 13.0. The van der Waals surface area contributed by atoms with Crippen LogP contribution in [0.25, 0.3) is 11.0 Å². The van der Waals surface area contributed by atoms with Gasteiger partial charge in [0, 0.05) is 31.8 Å². The molecule has 202 valence electrons. The number of rotatable bonds is 7. The number of benzene rings is 2. The largest absolute Gasteiger partial charge is 0.475 e. The number of aromatic nitrogens is 3. The summed E-state index contributed by atoms with van der Waals surface area (Å²) in [7, 11) is 1.54. The van der Waals surface area contributed by atoms with E-state index in [0.29, 0.717) is 39.1 Å². The molecule has 39 heavy (non-hydrogen) atoms. The Morgan fingerprint density at radius 1 is 1.18 bits per heavy atom. The number of H-pyrrole nitrogens is 1. The number of nitrogens with one attached hydrogen (secondary N) is 2. The van der Waals surface area contributed by atoms with Gasteiger partial charge in [0.1, 0.15) is 30.4 Å². The smallest absolute Gasteiger partial charge is 0.391 e. The van der Waals surface area contributed by atoms with Crippen molar-refractivity contribution in [3.8, 4) is 5.88 Å². The van der Waals surface area contributed by atoms with Crippen LogP contribution in [0.5, 0.6) is 5.88 Å². The van der Waals surface area contributed by atoms with E-state index in [1.165, 1.54) is 0 Å². The van der Waals surface area contributed by atoms with Crippen molar-refractivity contribution in [1.29, 1.82) is 5.41 Å². The van der Waals surface area contributed by atoms with Crippen LogP contribution in [0.1, 0.15) is 28.6 Å². The lowest BCUT2D eigenvalue weighted by atomic mass is 10.1. The molecule has 0 bridgehead atoms. The number of nitrogens with zero attached hydrogens (tertiary/aromatic N) is 2. The van der Waals surface area contributed by atoms with E-state index in [9.17, 15) is 4.79 Å². The lowest BCUT2D eigenvalue weighted by Crippen LogP contribution is -2.32. The number of esters is 1. The highest BCUT2D eigenvalue weighted by molar-refractivity contribution is 14.1. The van der Waals surface area contributed by atoms with Gasteiger partial charge in [0.2, 0.25) is 11.5 Å². The first kappa shape index (κ1) is 27.4. The Labute approximate surface area is 247 Å². The molecule has 0 aliphatic carbocycles. The lowest BCUT2D eigenvalue weighted by molar-refractivity contribution is -0.377. The van der Waals surface area contributed by atoms with E-state index in [0.717, 1.165) is 8.96 Å². The van der Waals surface area contributed by atoms with Crippen molar-refractivity contribution in [3.63, 3.8) is 0 Å². The van der Waals surface area contributed by atoms with Gasteiger partial charge in [-0.15, -0.1) is 0 Å². The van der Waals surface area contributed by atoms with Gasteiger partial charge in [-0.05, 0) is 71.1 Å². The summed E-state index contributed by atoms with van der Waals surface area (Å²) in [5.41, 5.74) is 7.44.